The maximum absolute atomic E-state index is 13.0. The maximum Gasteiger partial charge on any atom is 0.358 e. The summed E-state index contributed by atoms with van der Waals surface area (Å²) in [5, 5.41) is 7.88. The fourth-order valence-electron chi connectivity index (χ4n) is 3.40. The predicted molar refractivity (Wildman–Crippen MR) is 133 cm³/mol. The van der Waals surface area contributed by atoms with Crippen LogP contribution in [0.25, 0.3) is 16.3 Å². The summed E-state index contributed by atoms with van der Waals surface area (Å²) in [6, 6.07) is 14.3. The standard InChI is InChI=1S/C25H24N4O5S/c1-5-34-25(31)19-11-12-29(28-19)18-8-6-7-17(14-18)27-23(30)22-15(2)26-24(35-22)16-9-10-20(32-3)21(13-16)33-4/h6-14H,5H2,1-4H3,(H,27,30). The average molecular weight is 493 g/mol. The van der Waals surface area contributed by atoms with Crippen molar-refractivity contribution in [2.24, 2.45) is 0 Å². The molecule has 0 aliphatic heterocycles. The van der Waals surface area contributed by atoms with E-state index in [0.29, 0.717) is 38.5 Å². The molecule has 0 fully saturated rings. The first-order valence-corrected chi connectivity index (χ1v) is 11.6. The van der Waals surface area contributed by atoms with Gasteiger partial charge in [0.25, 0.3) is 5.91 Å². The van der Waals surface area contributed by atoms with Crippen molar-refractivity contribution in [3.8, 4) is 27.8 Å². The fraction of sp³-hybridized carbons (Fsp3) is 0.200. The monoisotopic (exact) mass is 492 g/mol. The van der Waals surface area contributed by atoms with Gasteiger partial charge in [0.15, 0.2) is 17.2 Å². The van der Waals surface area contributed by atoms with Crippen molar-refractivity contribution in [3.63, 3.8) is 0 Å². The molecule has 35 heavy (non-hydrogen) atoms. The number of nitrogens with zero attached hydrogens (tertiary/aromatic N) is 3. The second-order valence-corrected chi connectivity index (χ2v) is 8.37. The van der Waals surface area contributed by atoms with Gasteiger partial charge in [-0.2, -0.15) is 5.10 Å². The van der Waals surface area contributed by atoms with E-state index < -0.39 is 5.97 Å². The first kappa shape index (κ1) is 24.0. The van der Waals surface area contributed by atoms with Crippen molar-refractivity contribution in [1.29, 1.82) is 0 Å². The number of carbonyl (C=O) groups is 2. The smallest absolute Gasteiger partial charge is 0.358 e. The third-order valence-corrected chi connectivity index (χ3v) is 6.28. The first-order valence-electron chi connectivity index (χ1n) is 10.8. The summed E-state index contributed by atoms with van der Waals surface area (Å²) in [5.74, 6) is 0.456. The molecule has 0 saturated carbocycles. The second kappa shape index (κ2) is 10.4. The zero-order valence-electron chi connectivity index (χ0n) is 19.7. The minimum absolute atomic E-state index is 0.212. The third kappa shape index (κ3) is 5.17. The summed E-state index contributed by atoms with van der Waals surface area (Å²) in [6.45, 7) is 3.81. The minimum Gasteiger partial charge on any atom is -0.493 e. The molecule has 2 aromatic heterocycles. The summed E-state index contributed by atoms with van der Waals surface area (Å²) < 4.78 is 17.2. The molecule has 0 spiro atoms. The molecule has 1 amide bonds. The molecule has 0 aliphatic carbocycles. The van der Waals surface area contributed by atoms with Crippen molar-refractivity contribution in [2.75, 3.05) is 26.1 Å². The summed E-state index contributed by atoms with van der Waals surface area (Å²) >= 11 is 1.30. The van der Waals surface area contributed by atoms with Gasteiger partial charge < -0.3 is 19.5 Å². The number of amides is 1. The molecule has 180 valence electrons. The number of hydrogen-bond acceptors (Lipinski definition) is 8. The van der Waals surface area contributed by atoms with E-state index in [1.54, 1.807) is 69.3 Å². The van der Waals surface area contributed by atoms with Gasteiger partial charge in [-0.05, 0) is 56.3 Å². The lowest BCUT2D eigenvalue weighted by Crippen LogP contribution is -2.12. The average Bonchev–Trinajstić information content (AvgIpc) is 3.51. The molecule has 0 unspecified atom stereocenters. The molecule has 10 heteroatoms. The van der Waals surface area contributed by atoms with E-state index in [9.17, 15) is 9.59 Å². The lowest BCUT2D eigenvalue weighted by Gasteiger charge is -2.08. The minimum atomic E-state index is -0.485. The Morgan fingerprint density at radius 1 is 1.06 bits per heavy atom. The van der Waals surface area contributed by atoms with Crippen LogP contribution in [-0.2, 0) is 4.74 Å². The number of rotatable bonds is 8. The lowest BCUT2D eigenvalue weighted by atomic mass is 10.2. The van der Waals surface area contributed by atoms with Crippen LogP contribution in [0.4, 0.5) is 5.69 Å². The number of aromatic nitrogens is 3. The van der Waals surface area contributed by atoms with Gasteiger partial charge in [0.05, 0.1) is 32.2 Å². The highest BCUT2D eigenvalue weighted by Gasteiger charge is 2.18. The molecular weight excluding hydrogens is 468 g/mol. The second-order valence-electron chi connectivity index (χ2n) is 7.37. The van der Waals surface area contributed by atoms with Gasteiger partial charge in [0.2, 0.25) is 0 Å². The van der Waals surface area contributed by atoms with Gasteiger partial charge in [-0.1, -0.05) is 6.07 Å². The molecule has 4 rings (SSSR count). The molecule has 0 radical (unpaired) electrons. The molecule has 1 N–H and O–H groups in total. The molecule has 0 bridgehead atoms. The van der Waals surface area contributed by atoms with Crippen molar-refractivity contribution >= 4 is 28.9 Å². The Kier molecular flexibility index (Phi) is 7.11. The Bertz CT molecular complexity index is 1380. The van der Waals surface area contributed by atoms with Crippen LogP contribution in [0.2, 0.25) is 0 Å². The van der Waals surface area contributed by atoms with E-state index in [1.807, 2.05) is 18.2 Å². The molecule has 0 aliphatic rings. The van der Waals surface area contributed by atoms with E-state index in [-0.39, 0.29) is 18.2 Å². The van der Waals surface area contributed by atoms with Crippen molar-refractivity contribution in [2.45, 2.75) is 13.8 Å². The summed E-state index contributed by atoms with van der Waals surface area (Å²) in [5.41, 5.74) is 2.93. The molecule has 0 atom stereocenters. The van der Waals surface area contributed by atoms with Crippen LogP contribution >= 0.6 is 11.3 Å². The Labute approximate surface area is 206 Å². The van der Waals surface area contributed by atoms with Crippen LogP contribution in [0.1, 0.15) is 32.8 Å². The largest absolute Gasteiger partial charge is 0.493 e. The number of anilines is 1. The number of aryl methyl sites for hydroxylation is 1. The molecule has 2 aromatic carbocycles. The molecule has 2 heterocycles. The van der Waals surface area contributed by atoms with Gasteiger partial charge in [0.1, 0.15) is 9.88 Å². The maximum atomic E-state index is 13.0. The topological polar surface area (TPSA) is 105 Å². The molecule has 0 saturated heterocycles. The number of methoxy groups -OCH3 is 2. The van der Waals surface area contributed by atoms with Crippen LogP contribution in [-0.4, -0.2) is 47.5 Å². The third-order valence-electron chi connectivity index (χ3n) is 5.08. The molecule has 9 nitrogen and oxygen atoms in total. The van der Waals surface area contributed by atoms with Gasteiger partial charge >= 0.3 is 5.97 Å². The number of carbonyl (C=O) groups excluding carboxylic acids is 2. The van der Waals surface area contributed by atoms with Crippen molar-refractivity contribution in [3.05, 3.63) is 71.0 Å². The highest BCUT2D eigenvalue weighted by atomic mass is 32.1. The van der Waals surface area contributed by atoms with Crippen LogP contribution in [0.3, 0.4) is 0 Å². The van der Waals surface area contributed by atoms with Crippen LogP contribution < -0.4 is 14.8 Å². The van der Waals surface area contributed by atoms with Gasteiger partial charge in [-0.15, -0.1) is 11.3 Å². The van der Waals surface area contributed by atoms with Crippen molar-refractivity contribution in [1.82, 2.24) is 14.8 Å². The lowest BCUT2D eigenvalue weighted by molar-refractivity contribution is 0.0519. The van der Waals surface area contributed by atoms with Crippen molar-refractivity contribution < 1.29 is 23.8 Å². The predicted octanol–water partition coefficient (Wildman–Crippen LogP) is 4.75. The quantitative estimate of drug-likeness (QED) is 0.354. The number of esters is 1. The summed E-state index contributed by atoms with van der Waals surface area (Å²) in [6.07, 6.45) is 1.66. The van der Waals surface area contributed by atoms with E-state index in [1.165, 1.54) is 11.3 Å². The number of benzene rings is 2. The number of hydrogen-bond donors (Lipinski definition) is 1. The van der Waals surface area contributed by atoms with Gasteiger partial charge in [-0.25, -0.2) is 14.5 Å². The Balaban J connectivity index is 1.53. The molecular formula is C25H24N4O5S. The van der Waals surface area contributed by atoms with E-state index in [4.69, 9.17) is 14.2 Å². The highest BCUT2D eigenvalue weighted by molar-refractivity contribution is 7.17. The normalized spacial score (nSPS) is 10.6. The van der Waals surface area contributed by atoms with Gasteiger partial charge in [-0.3, -0.25) is 4.79 Å². The number of thiazole rings is 1. The fourth-order valence-corrected chi connectivity index (χ4v) is 4.35. The number of ether oxygens (including phenoxy) is 3. The molecule has 4 aromatic rings. The van der Waals surface area contributed by atoms with Crippen LogP contribution in [0.15, 0.2) is 54.7 Å². The Morgan fingerprint density at radius 3 is 2.60 bits per heavy atom. The number of nitrogens with one attached hydrogen (secondary N) is 1. The SMILES string of the molecule is CCOC(=O)c1ccn(-c2cccc(NC(=O)c3sc(-c4ccc(OC)c(OC)c4)nc3C)c2)n1. The summed E-state index contributed by atoms with van der Waals surface area (Å²) in [4.78, 5) is 30.0. The summed E-state index contributed by atoms with van der Waals surface area (Å²) in [7, 11) is 3.15. The Morgan fingerprint density at radius 2 is 1.86 bits per heavy atom. The van der Waals surface area contributed by atoms with Gasteiger partial charge in [0, 0.05) is 17.4 Å². The van der Waals surface area contributed by atoms with E-state index in [0.717, 1.165) is 5.56 Å². The van der Waals surface area contributed by atoms with Crippen LogP contribution in [0.5, 0.6) is 11.5 Å². The Hall–Kier alpha value is -4.18. The highest BCUT2D eigenvalue weighted by Crippen LogP contribution is 2.35. The first-order chi connectivity index (χ1) is 16.9. The van der Waals surface area contributed by atoms with Crippen LogP contribution in [0, 0.1) is 6.92 Å². The van der Waals surface area contributed by atoms with E-state index >= 15 is 0 Å². The zero-order valence-corrected chi connectivity index (χ0v) is 20.5. The van der Waals surface area contributed by atoms with E-state index in [2.05, 4.69) is 15.4 Å². The zero-order chi connectivity index (χ0) is 24.9.